The Balaban J connectivity index is 1.49. The summed E-state index contributed by atoms with van der Waals surface area (Å²) in [7, 11) is 0. The Bertz CT molecular complexity index is 851. The first-order chi connectivity index (χ1) is 11.6. The molecule has 0 unspecified atom stereocenters. The Kier molecular flexibility index (Phi) is 4.85. The molecule has 0 aliphatic carbocycles. The first-order valence-corrected chi connectivity index (χ1v) is 8.25. The van der Waals surface area contributed by atoms with E-state index in [1.54, 1.807) is 12.1 Å². The zero-order chi connectivity index (χ0) is 16.9. The lowest BCUT2D eigenvalue weighted by Crippen LogP contribution is -1.94. The fraction of sp³-hybridized carbons (Fsp3) is 0.250. The highest BCUT2D eigenvalue weighted by molar-refractivity contribution is 5.93. The fourth-order valence-corrected chi connectivity index (χ4v) is 3.00. The van der Waals surface area contributed by atoms with Crippen molar-refractivity contribution < 1.29 is 15.0 Å². The summed E-state index contributed by atoms with van der Waals surface area (Å²) < 4.78 is 0. The number of carboxylic acid groups (broad SMARTS) is 1. The molecule has 24 heavy (non-hydrogen) atoms. The van der Waals surface area contributed by atoms with Crippen molar-refractivity contribution in [2.24, 2.45) is 0 Å². The average Bonchev–Trinajstić information content (AvgIpc) is 2.98. The Morgan fingerprint density at radius 3 is 2.38 bits per heavy atom. The second-order valence-corrected chi connectivity index (χ2v) is 6.14. The highest BCUT2D eigenvalue weighted by atomic mass is 16.4. The van der Waals surface area contributed by atoms with Gasteiger partial charge in [-0.1, -0.05) is 24.6 Å². The number of unbranched alkanes of at least 4 members (excludes halogenated alkanes) is 2. The number of hydrogen-bond donors (Lipinski definition) is 3. The zero-order valence-electron chi connectivity index (χ0n) is 13.5. The molecule has 4 nitrogen and oxygen atoms in total. The van der Waals surface area contributed by atoms with Crippen LogP contribution in [0.1, 0.15) is 40.9 Å². The third-order valence-electron chi connectivity index (χ3n) is 4.26. The van der Waals surface area contributed by atoms with E-state index in [2.05, 4.69) is 17.1 Å². The van der Waals surface area contributed by atoms with E-state index >= 15 is 0 Å². The van der Waals surface area contributed by atoms with E-state index in [1.165, 1.54) is 11.1 Å². The summed E-state index contributed by atoms with van der Waals surface area (Å²) >= 11 is 0. The maximum absolute atomic E-state index is 11.0. The number of H-pyrrole nitrogens is 1. The summed E-state index contributed by atoms with van der Waals surface area (Å²) in [5.41, 5.74) is 3.49. The van der Waals surface area contributed by atoms with E-state index in [0.717, 1.165) is 43.0 Å². The number of phenolic OH excluding ortho intramolecular Hbond substituents is 1. The van der Waals surface area contributed by atoms with Crippen LogP contribution < -0.4 is 0 Å². The molecular weight excluding hydrogens is 302 g/mol. The Labute approximate surface area is 140 Å². The van der Waals surface area contributed by atoms with E-state index in [1.807, 2.05) is 24.3 Å². The monoisotopic (exact) mass is 323 g/mol. The third-order valence-corrected chi connectivity index (χ3v) is 4.26. The Morgan fingerprint density at radius 1 is 0.917 bits per heavy atom. The van der Waals surface area contributed by atoms with Gasteiger partial charge in [-0.2, -0.15) is 0 Å². The molecule has 2 aromatic carbocycles. The zero-order valence-corrected chi connectivity index (χ0v) is 13.5. The molecule has 0 aliphatic heterocycles. The molecule has 0 radical (unpaired) electrons. The number of nitrogens with one attached hydrogen (secondary N) is 1. The van der Waals surface area contributed by atoms with E-state index < -0.39 is 5.97 Å². The second-order valence-electron chi connectivity index (χ2n) is 6.14. The number of aryl methyl sites for hydroxylation is 2. The molecule has 3 rings (SSSR count). The standard InChI is InChI=1S/C20H21NO3/c22-17-8-4-7-14(12-17)5-2-1-3-6-15-9-10-18-16(11-15)13-19(21-18)20(23)24/h4,7-13,21-22H,1-3,5-6H2,(H,23,24). The van der Waals surface area contributed by atoms with Crippen molar-refractivity contribution in [1.29, 1.82) is 0 Å². The average molecular weight is 323 g/mol. The van der Waals surface area contributed by atoms with Crippen molar-refractivity contribution in [2.45, 2.75) is 32.1 Å². The van der Waals surface area contributed by atoms with Crippen LogP contribution in [-0.4, -0.2) is 21.2 Å². The first-order valence-electron chi connectivity index (χ1n) is 8.25. The van der Waals surface area contributed by atoms with E-state index in [4.69, 9.17) is 5.11 Å². The number of aromatic nitrogens is 1. The summed E-state index contributed by atoms with van der Waals surface area (Å²) in [6.07, 6.45) is 5.29. The van der Waals surface area contributed by atoms with Gasteiger partial charge < -0.3 is 15.2 Å². The number of aromatic hydroxyl groups is 1. The predicted octanol–water partition coefficient (Wildman–Crippen LogP) is 4.53. The smallest absolute Gasteiger partial charge is 0.352 e. The van der Waals surface area contributed by atoms with Crippen LogP contribution in [0.15, 0.2) is 48.5 Å². The lowest BCUT2D eigenvalue weighted by Gasteiger charge is -2.04. The van der Waals surface area contributed by atoms with Gasteiger partial charge in [0, 0.05) is 10.9 Å². The minimum atomic E-state index is -0.931. The summed E-state index contributed by atoms with van der Waals surface area (Å²) in [4.78, 5) is 13.9. The third kappa shape index (κ3) is 3.96. The Morgan fingerprint density at radius 2 is 1.67 bits per heavy atom. The number of aromatic amines is 1. The molecule has 0 amide bonds. The van der Waals surface area contributed by atoms with Crippen molar-refractivity contribution >= 4 is 16.9 Å². The molecule has 0 bridgehead atoms. The number of hydrogen-bond acceptors (Lipinski definition) is 2. The van der Waals surface area contributed by atoms with Crippen molar-refractivity contribution in [3.63, 3.8) is 0 Å². The summed E-state index contributed by atoms with van der Waals surface area (Å²) in [6, 6.07) is 15.2. The summed E-state index contributed by atoms with van der Waals surface area (Å²) in [5, 5.41) is 19.4. The van der Waals surface area contributed by atoms with Crippen LogP contribution in [0.25, 0.3) is 10.9 Å². The number of fused-ring (bicyclic) bond motifs is 1. The molecule has 0 saturated carbocycles. The minimum Gasteiger partial charge on any atom is -0.508 e. The van der Waals surface area contributed by atoms with Gasteiger partial charge in [0.1, 0.15) is 11.4 Å². The van der Waals surface area contributed by atoms with Gasteiger partial charge in [0.05, 0.1) is 0 Å². The molecule has 0 spiro atoms. The van der Waals surface area contributed by atoms with Crippen molar-refractivity contribution in [1.82, 2.24) is 4.98 Å². The lowest BCUT2D eigenvalue weighted by atomic mass is 10.0. The molecule has 3 aromatic rings. The van der Waals surface area contributed by atoms with Crippen LogP contribution in [0.4, 0.5) is 0 Å². The molecule has 0 saturated heterocycles. The highest BCUT2D eigenvalue weighted by Crippen LogP contribution is 2.19. The number of aromatic carboxylic acids is 1. The van der Waals surface area contributed by atoms with Gasteiger partial charge in [0.15, 0.2) is 0 Å². The molecule has 0 fully saturated rings. The molecule has 3 N–H and O–H groups in total. The quantitative estimate of drug-likeness (QED) is 0.559. The van der Waals surface area contributed by atoms with Crippen molar-refractivity contribution in [3.8, 4) is 5.75 Å². The van der Waals surface area contributed by atoms with Gasteiger partial charge >= 0.3 is 5.97 Å². The van der Waals surface area contributed by atoms with Crippen LogP contribution in [0.3, 0.4) is 0 Å². The second kappa shape index (κ2) is 7.21. The molecule has 1 aromatic heterocycles. The molecular formula is C20H21NO3. The van der Waals surface area contributed by atoms with E-state index in [0.29, 0.717) is 5.75 Å². The topological polar surface area (TPSA) is 73.3 Å². The fourth-order valence-electron chi connectivity index (χ4n) is 3.00. The van der Waals surface area contributed by atoms with Gasteiger partial charge in [-0.3, -0.25) is 0 Å². The van der Waals surface area contributed by atoms with Crippen LogP contribution >= 0.6 is 0 Å². The molecule has 0 aliphatic rings. The normalized spacial score (nSPS) is 11.0. The van der Waals surface area contributed by atoms with Gasteiger partial charge in [0.2, 0.25) is 0 Å². The van der Waals surface area contributed by atoms with E-state index in [9.17, 15) is 9.90 Å². The van der Waals surface area contributed by atoms with Crippen LogP contribution in [-0.2, 0) is 12.8 Å². The van der Waals surface area contributed by atoms with Gasteiger partial charge in [0.25, 0.3) is 0 Å². The summed E-state index contributed by atoms with van der Waals surface area (Å²) in [6.45, 7) is 0. The van der Waals surface area contributed by atoms with Crippen LogP contribution in [0.2, 0.25) is 0 Å². The molecule has 0 atom stereocenters. The number of carboxylic acids is 1. The first kappa shape index (κ1) is 16.1. The minimum absolute atomic E-state index is 0.230. The SMILES string of the molecule is O=C(O)c1cc2cc(CCCCCc3cccc(O)c3)ccc2[nH]1. The maximum atomic E-state index is 11.0. The van der Waals surface area contributed by atoms with Gasteiger partial charge in [-0.05, 0) is 67.1 Å². The van der Waals surface area contributed by atoms with Crippen molar-refractivity contribution in [3.05, 3.63) is 65.4 Å². The van der Waals surface area contributed by atoms with Crippen LogP contribution in [0.5, 0.6) is 5.75 Å². The molecule has 4 heteroatoms. The number of phenols is 1. The van der Waals surface area contributed by atoms with Gasteiger partial charge in [-0.25, -0.2) is 4.79 Å². The maximum Gasteiger partial charge on any atom is 0.352 e. The van der Waals surface area contributed by atoms with Crippen molar-refractivity contribution in [2.75, 3.05) is 0 Å². The number of benzene rings is 2. The predicted molar refractivity (Wildman–Crippen MR) is 94.6 cm³/mol. The van der Waals surface area contributed by atoms with Crippen LogP contribution in [0, 0.1) is 0 Å². The largest absolute Gasteiger partial charge is 0.508 e. The van der Waals surface area contributed by atoms with Gasteiger partial charge in [-0.15, -0.1) is 0 Å². The molecule has 124 valence electrons. The lowest BCUT2D eigenvalue weighted by molar-refractivity contribution is 0.0691. The summed E-state index contributed by atoms with van der Waals surface area (Å²) in [5.74, 6) is -0.604. The Hall–Kier alpha value is -2.75. The molecule has 1 heterocycles. The van der Waals surface area contributed by atoms with E-state index in [-0.39, 0.29) is 5.69 Å². The highest BCUT2D eigenvalue weighted by Gasteiger charge is 2.07. The number of rotatable bonds is 7. The number of carbonyl (C=O) groups is 1.